The van der Waals surface area contributed by atoms with Crippen LogP contribution in [0, 0.1) is 6.92 Å². The van der Waals surface area contributed by atoms with Crippen LogP contribution in [0.4, 0.5) is 0 Å². The minimum Gasteiger partial charge on any atom is -0.340 e. The number of aromatic nitrogens is 3. The average Bonchev–Trinajstić information content (AvgIpc) is 3.39. The third-order valence-corrected chi connectivity index (χ3v) is 6.90. The molecular formula is C28H27N5O3. The topological polar surface area (TPSA) is 87.9 Å². The molecule has 36 heavy (non-hydrogen) atoms. The van der Waals surface area contributed by atoms with Crippen LogP contribution in [-0.2, 0) is 32.9 Å². The molecule has 1 aliphatic rings. The number of rotatable bonds is 7. The number of carbonyl (C=O) groups is 3. The summed E-state index contributed by atoms with van der Waals surface area (Å²) in [6, 6.07) is 16.8. The number of carbonyl (C=O) groups excluding carboxylic acids is 3. The number of fused-ring (bicyclic) bond motifs is 1. The van der Waals surface area contributed by atoms with Crippen LogP contribution in [0.25, 0.3) is 5.65 Å². The quantitative estimate of drug-likeness (QED) is 0.378. The number of hydrogen-bond acceptors (Lipinski definition) is 5. The Hall–Kier alpha value is -4.33. The molecule has 0 aliphatic carbocycles. The second-order valence-corrected chi connectivity index (χ2v) is 9.33. The van der Waals surface area contributed by atoms with E-state index in [1.807, 2.05) is 66.1 Å². The van der Waals surface area contributed by atoms with E-state index >= 15 is 0 Å². The largest absolute Gasteiger partial charge is 0.340 e. The van der Waals surface area contributed by atoms with E-state index in [9.17, 15) is 14.4 Å². The van der Waals surface area contributed by atoms with E-state index in [0.29, 0.717) is 12.1 Å². The number of imidazole rings is 1. The number of hydrogen-bond donors (Lipinski definition) is 0. The van der Waals surface area contributed by atoms with Gasteiger partial charge in [0.2, 0.25) is 17.7 Å². The molecule has 1 saturated heterocycles. The van der Waals surface area contributed by atoms with E-state index in [0.717, 1.165) is 22.5 Å². The highest BCUT2D eigenvalue weighted by molar-refractivity contribution is 6.10. The number of aryl methyl sites for hydroxylation is 1. The predicted molar refractivity (Wildman–Crippen MR) is 134 cm³/mol. The Morgan fingerprint density at radius 2 is 1.86 bits per heavy atom. The molecule has 1 aromatic carbocycles. The SMILES string of the molecule is Cc1ccccc1[C@]1(CC(=O)N(C)Cc2cnc3ccccn23)CC(=O)N(Cc2cccnc2)C1=O. The molecule has 3 amide bonds. The molecule has 1 fully saturated rings. The summed E-state index contributed by atoms with van der Waals surface area (Å²) in [5, 5.41) is 0. The van der Waals surface area contributed by atoms with Crippen LogP contribution in [-0.4, -0.2) is 48.9 Å². The van der Waals surface area contributed by atoms with Gasteiger partial charge in [-0.05, 0) is 41.8 Å². The van der Waals surface area contributed by atoms with Crippen molar-refractivity contribution in [2.45, 2.75) is 38.3 Å². The summed E-state index contributed by atoms with van der Waals surface area (Å²) in [7, 11) is 1.71. The van der Waals surface area contributed by atoms with E-state index in [4.69, 9.17) is 0 Å². The Morgan fingerprint density at radius 1 is 1.06 bits per heavy atom. The van der Waals surface area contributed by atoms with Gasteiger partial charge in [0, 0.05) is 38.5 Å². The number of imide groups is 1. The van der Waals surface area contributed by atoms with Crippen LogP contribution in [0.3, 0.4) is 0 Å². The van der Waals surface area contributed by atoms with E-state index in [-0.39, 0.29) is 37.1 Å². The van der Waals surface area contributed by atoms with Crippen LogP contribution in [0.15, 0.2) is 79.4 Å². The number of nitrogens with zero attached hydrogens (tertiary/aromatic N) is 5. The molecule has 0 saturated carbocycles. The van der Waals surface area contributed by atoms with Gasteiger partial charge in [0.25, 0.3) is 0 Å². The maximum atomic E-state index is 13.9. The second-order valence-electron chi connectivity index (χ2n) is 9.33. The van der Waals surface area contributed by atoms with Gasteiger partial charge in [0.1, 0.15) is 5.65 Å². The molecule has 0 bridgehead atoms. The first-order valence-corrected chi connectivity index (χ1v) is 11.8. The van der Waals surface area contributed by atoms with Gasteiger partial charge in [-0.15, -0.1) is 0 Å². The van der Waals surface area contributed by atoms with Gasteiger partial charge in [0.15, 0.2) is 0 Å². The number of amides is 3. The summed E-state index contributed by atoms with van der Waals surface area (Å²) in [4.78, 5) is 52.1. The zero-order chi connectivity index (χ0) is 25.3. The molecule has 0 spiro atoms. The summed E-state index contributed by atoms with van der Waals surface area (Å²) >= 11 is 0. The van der Waals surface area contributed by atoms with E-state index < -0.39 is 5.41 Å². The van der Waals surface area contributed by atoms with E-state index in [1.165, 1.54) is 4.90 Å². The summed E-state index contributed by atoms with van der Waals surface area (Å²) in [5.41, 5.74) is 2.75. The minimum atomic E-state index is -1.25. The fraction of sp³-hybridized carbons (Fsp3) is 0.250. The molecule has 4 heterocycles. The van der Waals surface area contributed by atoms with Crippen LogP contribution in [0.1, 0.15) is 35.2 Å². The Balaban J connectivity index is 1.45. The van der Waals surface area contributed by atoms with Crippen LogP contribution >= 0.6 is 0 Å². The molecular weight excluding hydrogens is 454 g/mol. The maximum Gasteiger partial charge on any atom is 0.241 e. The van der Waals surface area contributed by atoms with E-state index in [1.54, 1.807) is 36.6 Å². The van der Waals surface area contributed by atoms with E-state index in [2.05, 4.69) is 9.97 Å². The monoisotopic (exact) mass is 481 g/mol. The molecule has 8 nitrogen and oxygen atoms in total. The summed E-state index contributed by atoms with van der Waals surface area (Å²) in [6.07, 6.45) is 6.79. The minimum absolute atomic E-state index is 0.0495. The molecule has 1 aliphatic heterocycles. The number of benzene rings is 1. The van der Waals surface area contributed by atoms with Crippen molar-refractivity contribution in [1.29, 1.82) is 0 Å². The maximum absolute atomic E-state index is 13.9. The van der Waals surface area contributed by atoms with Crippen molar-refractivity contribution in [2.24, 2.45) is 0 Å². The van der Waals surface area contributed by atoms with Gasteiger partial charge in [0.05, 0.1) is 30.4 Å². The zero-order valence-corrected chi connectivity index (χ0v) is 20.3. The van der Waals surface area contributed by atoms with Crippen molar-refractivity contribution in [1.82, 2.24) is 24.2 Å². The van der Waals surface area contributed by atoms with Crippen molar-refractivity contribution in [3.05, 3.63) is 102 Å². The lowest BCUT2D eigenvalue weighted by Crippen LogP contribution is -2.43. The second kappa shape index (κ2) is 9.37. The number of pyridine rings is 2. The highest BCUT2D eigenvalue weighted by Crippen LogP contribution is 2.42. The average molecular weight is 482 g/mol. The molecule has 3 aromatic heterocycles. The summed E-state index contributed by atoms with van der Waals surface area (Å²) < 4.78 is 1.93. The normalized spacial score (nSPS) is 17.7. The molecule has 0 unspecified atom stereocenters. The van der Waals surface area contributed by atoms with Gasteiger partial charge in [-0.25, -0.2) is 4.98 Å². The fourth-order valence-corrected chi connectivity index (χ4v) is 5.01. The highest BCUT2D eigenvalue weighted by atomic mass is 16.2. The molecule has 0 radical (unpaired) electrons. The Morgan fingerprint density at radius 3 is 2.64 bits per heavy atom. The summed E-state index contributed by atoms with van der Waals surface area (Å²) in [6.45, 7) is 2.37. The lowest BCUT2D eigenvalue weighted by molar-refractivity contribution is -0.143. The van der Waals surface area contributed by atoms with Gasteiger partial charge >= 0.3 is 0 Å². The smallest absolute Gasteiger partial charge is 0.241 e. The molecule has 182 valence electrons. The Bertz CT molecular complexity index is 1450. The zero-order valence-electron chi connectivity index (χ0n) is 20.3. The van der Waals surface area contributed by atoms with Crippen molar-refractivity contribution in [3.8, 4) is 0 Å². The first-order chi connectivity index (χ1) is 17.4. The lowest BCUT2D eigenvalue weighted by Gasteiger charge is -2.30. The Kier molecular flexibility index (Phi) is 6.10. The third-order valence-electron chi connectivity index (χ3n) is 6.90. The molecule has 1 atom stereocenters. The van der Waals surface area contributed by atoms with Gasteiger partial charge in [-0.3, -0.25) is 24.3 Å². The van der Waals surface area contributed by atoms with Crippen LogP contribution in [0.2, 0.25) is 0 Å². The fourth-order valence-electron chi connectivity index (χ4n) is 5.01. The van der Waals surface area contributed by atoms with Crippen molar-refractivity contribution < 1.29 is 14.4 Å². The first-order valence-electron chi connectivity index (χ1n) is 11.8. The van der Waals surface area contributed by atoms with Crippen LogP contribution in [0.5, 0.6) is 0 Å². The number of likely N-dealkylation sites (tertiary alicyclic amines) is 1. The molecule has 5 rings (SSSR count). The molecule has 8 heteroatoms. The predicted octanol–water partition coefficient (Wildman–Crippen LogP) is 3.28. The van der Waals surface area contributed by atoms with Gasteiger partial charge in [-0.1, -0.05) is 36.4 Å². The lowest BCUT2D eigenvalue weighted by atomic mass is 9.74. The highest BCUT2D eigenvalue weighted by Gasteiger charge is 2.54. The van der Waals surface area contributed by atoms with Crippen molar-refractivity contribution in [3.63, 3.8) is 0 Å². The Labute approximate surface area is 209 Å². The first kappa shape index (κ1) is 23.4. The van der Waals surface area contributed by atoms with Crippen molar-refractivity contribution in [2.75, 3.05) is 7.05 Å². The molecule has 0 N–H and O–H groups in total. The van der Waals surface area contributed by atoms with Gasteiger partial charge in [-0.2, -0.15) is 0 Å². The third kappa shape index (κ3) is 4.15. The summed E-state index contributed by atoms with van der Waals surface area (Å²) in [5.74, 6) is -0.847. The van der Waals surface area contributed by atoms with Crippen LogP contribution < -0.4 is 0 Å². The van der Waals surface area contributed by atoms with Gasteiger partial charge < -0.3 is 9.30 Å². The standard InChI is InChI=1S/C28H27N5O3/c1-20-8-3-4-10-23(20)28(15-26(35)33(27(28)36)18-21-9-7-12-29-16-21)14-25(34)31(2)19-22-17-30-24-11-5-6-13-32(22)24/h3-13,16-17H,14-15,18-19H2,1-2H3/t28-/m0/s1. The van der Waals surface area contributed by atoms with Crippen molar-refractivity contribution >= 4 is 23.4 Å². The molecule has 4 aromatic rings.